The summed E-state index contributed by atoms with van der Waals surface area (Å²) in [6.45, 7) is 1.78. The van der Waals surface area contributed by atoms with Gasteiger partial charge in [-0.05, 0) is 16.7 Å². The molecule has 5 nitrogen and oxygen atoms in total. The van der Waals surface area contributed by atoms with Crippen molar-refractivity contribution in [3.63, 3.8) is 0 Å². The summed E-state index contributed by atoms with van der Waals surface area (Å²) in [7, 11) is 0. The molecular weight excluding hydrogens is 178 g/mol. The van der Waals surface area contributed by atoms with E-state index in [-0.39, 0.29) is 5.95 Å². The van der Waals surface area contributed by atoms with Crippen LogP contribution in [0.15, 0.2) is 6.20 Å². The van der Waals surface area contributed by atoms with Gasteiger partial charge in [-0.1, -0.05) is 17.2 Å². The van der Waals surface area contributed by atoms with Crippen LogP contribution in [-0.4, -0.2) is 19.8 Å². The highest BCUT2D eigenvalue weighted by atomic mass is 32.1. The molecule has 0 aromatic carbocycles. The fourth-order valence-corrected chi connectivity index (χ4v) is 0.954. The lowest BCUT2D eigenvalue weighted by atomic mass is 10.3. The number of aromatic nitrogens is 2. The van der Waals surface area contributed by atoms with E-state index in [0.29, 0.717) is 12.1 Å². The fourth-order valence-electron chi connectivity index (χ4n) is 0.798. The largest absolute Gasteiger partial charge is 0.432 e. The first-order valence-corrected chi connectivity index (χ1v) is 3.68. The molecule has 0 atom stereocenters. The van der Waals surface area contributed by atoms with Crippen LogP contribution in [0.3, 0.4) is 0 Å². The molecule has 0 saturated carbocycles. The molecule has 1 N–H and O–H groups in total. The molecule has 64 valence electrons. The van der Waals surface area contributed by atoms with E-state index in [9.17, 15) is 10.1 Å². The molecule has 0 unspecified atom stereocenters. The Balaban J connectivity index is 2.77. The van der Waals surface area contributed by atoms with Crippen molar-refractivity contribution >= 4 is 23.0 Å². The summed E-state index contributed by atoms with van der Waals surface area (Å²) in [4.78, 5) is 16.5. The number of nitrogens with zero attached hydrogens (tertiary/aromatic N) is 2. The van der Waals surface area contributed by atoms with Crippen molar-refractivity contribution in [2.45, 2.75) is 13.3 Å². The monoisotopic (exact) mass is 185 g/mol. The van der Waals surface area contributed by atoms with Gasteiger partial charge in [0.1, 0.15) is 11.9 Å². The van der Waals surface area contributed by atoms with Crippen molar-refractivity contribution in [2.75, 3.05) is 0 Å². The van der Waals surface area contributed by atoms with Gasteiger partial charge in [0.2, 0.25) is 0 Å². The molecule has 1 aromatic heterocycles. The lowest BCUT2D eigenvalue weighted by molar-refractivity contribution is -0.393. The van der Waals surface area contributed by atoms with E-state index in [1.165, 1.54) is 6.20 Å². The second-order valence-electron chi connectivity index (χ2n) is 2.37. The van der Waals surface area contributed by atoms with Gasteiger partial charge < -0.3 is 10.1 Å². The molecule has 0 fully saturated rings. The van der Waals surface area contributed by atoms with Crippen LogP contribution >= 0.6 is 12.2 Å². The van der Waals surface area contributed by atoms with Crippen LogP contribution in [0.2, 0.25) is 0 Å². The third-order valence-electron chi connectivity index (χ3n) is 1.23. The highest BCUT2D eigenvalue weighted by molar-refractivity contribution is 7.80. The number of thiocarbonyl (C=S) groups is 1. The zero-order valence-electron chi connectivity index (χ0n) is 6.40. The number of imidazole rings is 1. The van der Waals surface area contributed by atoms with Crippen molar-refractivity contribution in [3.8, 4) is 0 Å². The standard InChI is InChI=1S/C6H7N3O2S/c1-4(12)2-5-3-7-6(8-5)9(10)11/h3H,2H2,1H3,(H,7,8). The minimum Gasteiger partial charge on any atom is -0.390 e. The number of nitro groups is 1. The molecule has 0 amide bonds. The number of hydrogen-bond donors (Lipinski definition) is 1. The summed E-state index contributed by atoms with van der Waals surface area (Å²) in [5, 5.41) is 10.2. The fraction of sp³-hybridized carbons (Fsp3) is 0.333. The third kappa shape index (κ3) is 2.09. The molecule has 1 aromatic rings. The topological polar surface area (TPSA) is 71.8 Å². The number of rotatable bonds is 3. The smallest absolute Gasteiger partial charge is 0.390 e. The molecule has 1 heterocycles. The quantitative estimate of drug-likeness (QED) is 0.437. The van der Waals surface area contributed by atoms with Crippen molar-refractivity contribution in [3.05, 3.63) is 22.0 Å². The van der Waals surface area contributed by atoms with Crippen molar-refractivity contribution in [1.82, 2.24) is 9.97 Å². The first-order chi connectivity index (χ1) is 5.59. The van der Waals surface area contributed by atoms with Gasteiger partial charge in [-0.25, -0.2) is 4.98 Å². The lowest BCUT2D eigenvalue weighted by Gasteiger charge is -1.89. The molecule has 12 heavy (non-hydrogen) atoms. The predicted octanol–water partition coefficient (Wildman–Crippen LogP) is 1.25. The van der Waals surface area contributed by atoms with E-state index in [1.807, 2.05) is 0 Å². The molecule has 0 aliphatic carbocycles. The normalized spacial score (nSPS) is 9.75. The zero-order chi connectivity index (χ0) is 9.14. The van der Waals surface area contributed by atoms with Crippen LogP contribution in [0.4, 0.5) is 5.95 Å². The second kappa shape index (κ2) is 3.40. The number of H-pyrrole nitrogens is 1. The van der Waals surface area contributed by atoms with E-state index >= 15 is 0 Å². The van der Waals surface area contributed by atoms with Crippen LogP contribution in [0.5, 0.6) is 0 Å². The van der Waals surface area contributed by atoms with E-state index in [1.54, 1.807) is 6.92 Å². The molecule has 0 bridgehead atoms. The summed E-state index contributed by atoms with van der Waals surface area (Å²) < 4.78 is 0. The maximum Gasteiger partial charge on any atom is 0.432 e. The van der Waals surface area contributed by atoms with E-state index in [4.69, 9.17) is 12.2 Å². The van der Waals surface area contributed by atoms with Crippen LogP contribution in [0.1, 0.15) is 12.6 Å². The van der Waals surface area contributed by atoms with Gasteiger partial charge in [-0.3, -0.25) is 0 Å². The highest BCUT2D eigenvalue weighted by Gasteiger charge is 2.10. The van der Waals surface area contributed by atoms with E-state index in [0.717, 1.165) is 4.86 Å². The Labute approximate surface area is 74.0 Å². The molecule has 6 heteroatoms. The highest BCUT2D eigenvalue weighted by Crippen LogP contribution is 2.05. The first kappa shape index (κ1) is 8.79. The molecule has 0 radical (unpaired) electrons. The molecule has 0 spiro atoms. The summed E-state index contributed by atoms with van der Waals surface area (Å²) in [5.74, 6) is -0.235. The molecule has 0 aliphatic rings. The Bertz CT molecular complexity index is 320. The Morgan fingerprint density at radius 3 is 3.00 bits per heavy atom. The van der Waals surface area contributed by atoms with Gasteiger partial charge in [0.25, 0.3) is 0 Å². The average Bonchev–Trinajstić information content (AvgIpc) is 2.34. The average molecular weight is 185 g/mol. The maximum absolute atomic E-state index is 10.2. The zero-order valence-corrected chi connectivity index (χ0v) is 7.22. The van der Waals surface area contributed by atoms with Crippen molar-refractivity contribution in [2.24, 2.45) is 0 Å². The molecule has 1 rings (SSSR count). The summed E-state index contributed by atoms with van der Waals surface area (Å²) >= 11 is 4.83. The van der Waals surface area contributed by atoms with Crippen LogP contribution < -0.4 is 0 Å². The van der Waals surface area contributed by atoms with Gasteiger partial charge >= 0.3 is 5.95 Å². The van der Waals surface area contributed by atoms with Gasteiger partial charge in [0, 0.05) is 6.42 Å². The SMILES string of the molecule is CC(=S)Cc1cnc([N+](=O)[O-])[nH]1. The van der Waals surface area contributed by atoms with Crippen molar-refractivity contribution < 1.29 is 4.92 Å². The molecule has 0 saturated heterocycles. The van der Waals surface area contributed by atoms with Gasteiger partial charge in [0.05, 0.1) is 0 Å². The number of hydrogen-bond acceptors (Lipinski definition) is 4. The van der Waals surface area contributed by atoms with Crippen LogP contribution in [0.25, 0.3) is 0 Å². The minimum atomic E-state index is -0.567. The van der Waals surface area contributed by atoms with Crippen LogP contribution in [-0.2, 0) is 6.42 Å². The van der Waals surface area contributed by atoms with E-state index < -0.39 is 4.92 Å². The number of aromatic amines is 1. The first-order valence-electron chi connectivity index (χ1n) is 3.27. The van der Waals surface area contributed by atoms with Gasteiger partial charge in [-0.15, -0.1) is 0 Å². The third-order valence-corrected chi connectivity index (χ3v) is 1.37. The van der Waals surface area contributed by atoms with Gasteiger partial charge in [-0.2, -0.15) is 0 Å². The predicted molar refractivity (Wildman–Crippen MR) is 47.2 cm³/mol. The second-order valence-corrected chi connectivity index (χ2v) is 3.06. The van der Waals surface area contributed by atoms with Crippen LogP contribution in [0, 0.1) is 10.1 Å². The minimum absolute atomic E-state index is 0.235. The molecule has 0 aliphatic heterocycles. The van der Waals surface area contributed by atoms with Crippen molar-refractivity contribution in [1.29, 1.82) is 0 Å². The summed E-state index contributed by atoms with van der Waals surface area (Å²) in [6.07, 6.45) is 1.95. The molecular formula is C6H7N3O2S. The Hall–Kier alpha value is -1.30. The summed E-state index contributed by atoms with van der Waals surface area (Å²) in [6, 6.07) is 0. The summed E-state index contributed by atoms with van der Waals surface area (Å²) in [5.41, 5.74) is 0.675. The Morgan fingerprint density at radius 1 is 1.92 bits per heavy atom. The van der Waals surface area contributed by atoms with E-state index in [2.05, 4.69) is 9.97 Å². The maximum atomic E-state index is 10.2. The van der Waals surface area contributed by atoms with Gasteiger partial charge in [0.15, 0.2) is 0 Å². The number of nitrogens with one attached hydrogen (secondary N) is 1. The Kier molecular flexibility index (Phi) is 2.49. The Morgan fingerprint density at radius 2 is 2.58 bits per heavy atom. The lowest BCUT2D eigenvalue weighted by Crippen LogP contribution is -1.94.